The zero-order chi connectivity index (χ0) is 12.6. The van der Waals surface area contributed by atoms with Crippen LogP contribution in [-0.4, -0.2) is 39.2 Å². The molecule has 1 aliphatic rings. The first kappa shape index (κ1) is 11.5. The third-order valence-corrected chi connectivity index (χ3v) is 2.86. The molecule has 1 aromatic heterocycles. The number of aryl methyl sites for hydroxylation is 1. The van der Waals surface area contributed by atoms with E-state index in [4.69, 9.17) is 5.11 Å². The Kier molecular flexibility index (Phi) is 2.59. The summed E-state index contributed by atoms with van der Waals surface area (Å²) in [5.74, 6) is -2.32. The fourth-order valence-electron chi connectivity index (χ4n) is 1.77. The van der Waals surface area contributed by atoms with E-state index in [9.17, 15) is 14.7 Å². The molecule has 0 aromatic carbocycles. The van der Waals surface area contributed by atoms with Gasteiger partial charge in [0.15, 0.2) is 0 Å². The molecule has 2 N–H and O–H groups in total. The second kappa shape index (κ2) is 3.81. The van der Waals surface area contributed by atoms with Crippen LogP contribution in [0.5, 0.6) is 0 Å². The minimum Gasteiger partial charge on any atom is -0.479 e. The molecule has 1 fully saturated rings. The molecule has 1 aromatic rings. The first-order chi connectivity index (χ1) is 7.95. The molecule has 90 valence electrons. The smallest absolute Gasteiger partial charge is 0.345 e. The lowest BCUT2D eigenvalue weighted by Crippen LogP contribution is -2.46. The van der Waals surface area contributed by atoms with Gasteiger partial charge in [0.1, 0.15) is 0 Å². The number of rotatable bonds is 2. The number of pyridine rings is 1. The van der Waals surface area contributed by atoms with Crippen molar-refractivity contribution in [2.45, 2.75) is 18.9 Å². The van der Waals surface area contributed by atoms with Gasteiger partial charge in [-0.15, -0.1) is 0 Å². The van der Waals surface area contributed by atoms with Crippen LogP contribution in [-0.2, 0) is 9.59 Å². The summed E-state index contributed by atoms with van der Waals surface area (Å²) in [6.45, 7) is 1.98. The van der Waals surface area contributed by atoms with Gasteiger partial charge >= 0.3 is 5.97 Å². The molecule has 0 saturated carbocycles. The Balaban J connectivity index is 2.29. The van der Waals surface area contributed by atoms with Gasteiger partial charge in [-0.3, -0.25) is 9.78 Å². The number of amides is 1. The van der Waals surface area contributed by atoms with E-state index >= 15 is 0 Å². The van der Waals surface area contributed by atoms with Crippen molar-refractivity contribution in [2.75, 3.05) is 11.4 Å². The molecule has 1 aliphatic heterocycles. The normalized spacial score (nSPS) is 24.1. The highest BCUT2D eigenvalue weighted by Crippen LogP contribution is 2.28. The monoisotopic (exact) mass is 236 g/mol. The Morgan fingerprint density at radius 1 is 1.53 bits per heavy atom. The lowest BCUT2D eigenvalue weighted by atomic mass is 10.0. The largest absolute Gasteiger partial charge is 0.479 e. The summed E-state index contributed by atoms with van der Waals surface area (Å²) in [5.41, 5.74) is -1.00. The van der Waals surface area contributed by atoms with Gasteiger partial charge in [-0.05, 0) is 19.1 Å². The lowest BCUT2D eigenvalue weighted by Gasteiger charge is -2.18. The molecule has 0 bridgehead atoms. The number of hydrogen-bond acceptors (Lipinski definition) is 4. The average Bonchev–Trinajstić information content (AvgIpc) is 2.59. The zero-order valence-corrected chi connectivity index (χ0v) is 9.25. The Bertz CT molecular complexity index is 471. The van der Waals surface area contributed by atoms with E-state index in [1.54, 1.807) is 12.1 Å². The summed E-state index contributed by atoms with van der Waals surface area (Å²) in [4.78, 5) is 27.9. The second-order valence-corrected chi connectivity index (χ2v) is 4.03. The van der Waals surface area contributed by atoms with Gasteiger partial charge in [0.05, 0.1) is 11.9 Å². The molecule has 17 heavy (non-hydrogen) atoms. The topological polar surface area (TPSA) is 90.7 Å². The van der Waals surface area contributed by atoms with Crippen LogP contribution < -0.4 is 4.90 Å². The molecule has 6 heteroatoms. The number of carboxylic acid groups (broad SMARTS) is 1. The van der Waals surface area contributed by atoms with Crippen molar-refractivity contribution in [2.24, 2.45) is 0 Å². The van der Waals surface area contributed by atoms with E-state index in [0.29, 0.717) is 5.69 Å². The van der Waals surface area contributed by atoms with Crippen molar-refractivity contribution in [1.82, 2.24) is 4.98 Å². The first-order valence-corrected chi connectivity index (χ1v) is 5.15. The molecule has 0 radical (unpaired) electrons. The Labute approximate surface area is 97.5 Å². The standard InChI is InChI=1S/C11H12N2O4/c1-7-2-3-8(6-12-7)13-5-4-11(17,9(13)14)10(15)16/h2-3,6,17H,4-5H2,1H3,(H,15,16)/t11-/m0/s1. The molecule has 1 amide bonds. The molecular formula is C11H12N2O4. The number of aliphatic hydroxyl groups is 1. The van der Waals surface area contributed by atoms with Crippen molar-refractivity contribution >= 4 is 17.6 Å². The van der Waals surface area contributed by atoms with Crippen molar-refractivity contribution in [3.63, 3.8) is 0 Å². The van der Waals surface area contributed by atoms with Gasteiger partial charge in [-0.1, -0.05) is 0 Å². The quantitative estimate of drug-likeness (QED) is 0.702. The minimum absolute atomic E-state index is 0.116. The van der Waals surface area contributed by atoms with Crippen LogP contribution in [0.15, 0.2) is 18.3 Å². The van der Waals surface area contributed by atoms with Crippen LogP contribution in [0.2, 0.25) is 0 Å². The van der Waals surface area contributed by atoms with Crippen molar-refractivity contribution in [3.05, 3.63) is 24.0 Å². The molecule has 2 heterocycles. The first-order valence-electron chi connectivity index (χ1n) is 5.15. The van der Waals surface area contributed by atoms with Crippen molar-refractivity contribution in [3.8, 4) is 0 Å². The van der Waals surface area contributed by atoms with Gasteiger partial charge in [-0.2, -0.15) is 0 Å². The number of hydrogen-bond donors (Lipinski definition) is 2. The number of carboxylic acids is 1. The third kappa shape index (κ3) is 1.76. The maximum atomic E-state index is 11.8. The molecular weight excluding hydrogens is 224 g/mol. The number of aromatic nitrogens is 1. The fourth-order valence-corrected chi connectivity index (χ4v) is 1.77. The van der Waals surface area contributed by atoms with E-state index in [1.165, 1.54) is 11.1 Å². The summed E-state index contributed by atoms with van der Waals surface area (Å²) in [5, 5.41) is 18.6. The van der Waals surface area contributed by atoms with Crippen LogP contribution in [0.1, 0.15) is 12.1 Å². The number of aliphatic carboxylic acids is 1. The summed E-state index contributed by atoms with van der Waals surface area (Å²) in [7, 11) is 0. The highest BCUT2D eigenvalue weighted by molar-refractivity contribution is 6.14. The lowest BCUT2D eigenvalue weighted by molar-refractivity contribution is -0.162. The molecule has 1 saturated heterocycles. The predicted octanol–water partition coefficient (Wildman–Crippen LogP) is -0.0576. The molecule has 2 rings (SSSR count). The summed E-state index contributed by atoms with van der Waals surface area (Å²) in [6, 6.07) is 3.40. The van der Waals surface area contributed by atoms with Gasteiger partial charge < -0.3 is 15.1 Å². The van der Waals surface area contributed by atoms with Crippen LogP contribution in [0.3, 0.4) is 0 Å². The minimum atomic E-state index is -2.30. The summed E-state index contributed by atoms with van der Waals surface area (Å²) < 4.78 is 0. The highest BCUT2D eigenvalue weighted by atomic mass is 16.4. The maximum Gasteiger partial charge on any atom is 0.345 e. The molecule has 0 spiro atoms. The molecule has 1 atom stereocenters. The van der Waals surface area contributed by atoms with E-state index in [-0.39, 0.29) is 13.0 Å². The zero-order valence-electron chi connectivity index (χ0n) is 9.25. The average molecular weight is 236 g/mol. The Hall–Kier alpha value is -1.95. The van der Waals surface area contributed by atoms with Gasteiger partial charge in [0.2, 0.25) is 5.60 Å². The number of anilines is 1. The van der Waals surface area contributed by atoms with E-state index in [1.807, 2.05) is 6.92 Å². The number of carbonyl (C=O) groups excluding carboxylic acids is 1. The maximum absolute atomic E-state index is 11.8. The summed E-state index contributed by atoms with van der Waals surface area (Å²) >= 11 is 0. The van der Waals surface area contributed by atoms with Gasteiger partial charge in [0, 0.05) is 18.7 Å². The van der Waals surface area contributed by atoms with Gasteiger partial charge in [-0.25, -0.2) is 4.79 Å². The second-order valence-electron chi connectivity index (χ2n) is 4.03. The molecule has 6 nitrogen and oxygen atoms in total. The highest BCUT2D eigenvalue weighted by Gasteiger charge is 2.52. The molecule has 0 aliphatic carbocycles. The third-order valence-electron chi connectivity index (χ3n) is 2.86. The summed E-state index contributed by atoms with van der Waals surface area (Å²) in [6.07, 6.45) is 1.37. The Morgan fingerprint density at radius 3 is 2.71 bits per heavy atom. The Morgan fingerprint density at radius 2 is 2.24 bits per heavy atom. The van der Waals surface area contributed by atoms with Crippen LogP contribution in [0.4, 0.5) is 5.69 Å². The van der Waals surface area contributed by atoms with Crippen LogP contribution in [0.25, 0.3) is 0 Å². The fraction of sp³-hybridized carbons (Fsp3) is 0.364. The van der Waals surface area contributed by atoms with Crippen molar-refractivity contribution < 1.29 is 19.8 Å². The van der Waals surface area contributed by atoms with E-state index in [2.05, 4.69) is 4.98 Å². The SMILES string of the molecule is Cc1ccc(N2CC[C@@](O)(C(=O)O)C2=O)cn1. The van der Waals surface area contributed by atoms with Crippen LogP contribution in [0, 0.1) is 6.92 Å². The number of nitrogens with zero attached hydrogens (tertiary/aromatic N) is 2. The van der Waals surface area contributed by atoms with E-state index < -0.39 is 17.5 Å². The number of carbonyl (C=O) groups is 2. The molecule has 0 unspecified atom stereocenters. The van der Waals surface area contributed by atoms with Crippen molar-refractivity contribution in [1.29, 1.82) is 0 Å². The van der Waals surface area contributed by atoms with Crippen LogP contribution >= 0.6 is 0 Å². The predicted molar refractivity (Wildman–Crippen MR) is 58.5 cm³/mol. The van der Waals surface area contributed by atoms with E-state index in [0.717, 1.165) is 5.69 Å². The van der Waals surface area contributed by atoms with Gasteiger partial charge in [0.25, 0.3) is 5.91 Å².